The first-order valence-corrected chi connectivity index (χ1v) is 11.8. The molecule has 8 heteroatoms. The third kappa shape index (κ3) is 4.52. The van der Waals surface area contributed by atoms with Crippen LogP contribution in [0.1, 0.15) is 27.3 Å². The topological polar surface area (TPSA) is 65.2 Å². The quantitative estimate of drug-likeness (QED) is 0.293. The van der Waals surface area contributed by atoms with Crippen LogP contribution in [0.4, 0.5) is 5.95 Å². The number of allylic oxidation sites excluding steroid dienone is 1. The Hall–Kier alpha value is -2.84. The van der Waals surface area contributed by atoms with E-state index in [0.29, 0.717) is 30.7 Å². The standard InChI is InChI=1S/C24H29N5O2S/c1-5-10-28-18(3)15-21(19(28)4)22(30)16-32-24-26-25-23(27-11-13-31-14-12-27)29(24)20-8-6-17(2)7-9-20/h5-9,15H,1,10-14,16H2,2-4H3. The van der Waals surface area contributed by atoms with E-state index in [0.717, 1.165) is 41.7 Å². The predicted octanol–water partition coefficient (Wildman–Crippen LogP) is 3.99. The Morgan fingerprint density at radius 1 is 1.16 bits per heavy atom. The Balaban J connectivity index is 1.60. The Labute approximate surface area is 193 Å². The van der Waals surface area contributed by atoms with Gasteiger partial charge in [0.15, 0.2) is 10.9 Å². The van der Waals surface area contributed by atoms with Crippen molar-refractivity contribution in [1.82, 2.24) is 19.3 Å². The van der Waals surface area contributed by atoms with Gasteiger partial charge in [-0.25, -0.2) is 0 Å². The maximum Gasteiger partial charge on any atom is 0.232 e. The number of nitrogens with zero attached hydrogens (tertiary/aromatic N) is 5. The van der Waals surface area contributed by atoms with E-state index < -0.39 is 0 Å². The van der Waals surface area contributed by atoms with Gasteiger partial charge in [-0.3, -0.25) is 9.36 Å². The Kier molecular flexibility index (Phi) is 6.81. The number of carbonyl (C=O) groups is 1. The van der Waals surface area contributed by atoms with Gasteiger partial charge in [-0.15, -0.1) is 16.8 Å². The fraction of sp³-hybridized carbons (Fsp3) is 0.375. The highest BCUT2D eigenvalue weighted by Gasteiger charge is 2.23. The van der Waals surface area contributed by atoms with Crippen LogP contribution in [0, 0.1) is 20.8 Å². The number of Topliss-reactive ketones (excluding diaryl/α,β-unsaturated/α-hetero) is 1. The summed E-state index contributed by atoms with van der Waals surface area (Å²) in [5.74, 6) is 1.17. The lowest BCUT2D eigenvalue weighted by Gasteiger charge is -2.27. The predicted molar refractivity (Wildman–Crippen MR) is 128 cm³/mol. The van der Waals surface area contributed by atoms with Gasteiger partial charge in [0.05, 0.1) is 24.7 Å². The molecule has 4 rings (SSSR count). The average Bonchev–Trinajstić information content (AvgIpc) is 3.35. The van der Waals surface area contributed by atoms with Crippen molar-refractivity contribution in [3.05, 3.63) is 65.5 Å². The van der Waals surface area contributed by atoms with E-state index >= 15 is 0 Å². The van der Waals surface area contributed by atoms with E-state index in [1.807, 2.05) is 30.6 Å². The molecule has 1 aromatic carbocycles. The molecule has 0 saturated carbocycles. The van der Waals surface area contributed by atoms with Crippen molar-refractivity contribution >= 4 is 23.5 Å². The highest BCUT2D eigenvalue weighted by molar-refractivity contribution is 7.99. The van der Waals surface area contributed by atoms with E-state index in [4.69, 9.17) is 4.74 Å². The number of thioether (sulfide) groups is 1. The van der Waals surface area contributed by atoms with Gasteiger partial charge in [-0.1, -0.05) is 35.5 Å². The number of aromatic nitrogens is 4. The minimum atomic E-state index is 0.0878. The van der Waals surface area contributed by atoms with Gasteiger partial charge in [0, 0.05) is 36.6 Å². The van der Waals surface area contributed by atoms with Crippen LogP contribution in [-0.2, 0) is 11.3 Å². The van der Waals surface area contributed by atoms with Crippen molar-refractivity contribution in [2.24, 2.45) is 0 Å². The van der Waals surface area contributed by atoms with Crippen LogP contribution >= 0.6 is 11.8 Å². The van der Waals surface area contributed by atoms with Crippen LogP contribution in [0.25, 0.3) is 5.69 Å². The molecule has 0 amide bonds. The van der Waals surface area contributed by atoms with Gasteiger partial charge in [0.2, 0.25) is 5.95 Å². The molecule has 168 valence electrons. The van der Waals surface area contributed by atoms with E-state index in [2.05, 4.69) is 57.4 Å². The van der Waals surface area contributed by atoms with Gasteiger partial charge in [0.25, 0.3) is 0 Å². The Bertz CT molecular complexity index is 1110. The highest BCUT2D eigenvalue weighted by atomic mass is 32.2. The third-order valence-electron chi connectivity index (χ3n) is 5.72. The largest absolute Gasteiger partial charge is 0.378 e. The van der Waals surface area contributed by atoms with E-state index in [-0.39, 0.29) is 5.78 Å². The van der Waals surface area contributed by atoms with Gasteiger partial charge >= 0.3 is 0 Å². The summed E-state index contributed by atoms with van der Waals surface area (Å²) in [4.78, 5) is 15.3. The number of aryl methyl sites for hydroxylation is 2. The molecular formula is C24H29N5O2S. The molecule has 7 nitrogen and oxygen atoms in total. The SMILES string of the molecule is C=CCn1c(C)cc(C(=O)CSc2nnc(N3CCOCC3)n2-c2ccc(C)cc2)c1C. The molecule has 0 unspecified atom stereocenters. The molecule has 0 radical (unpaired) electrons. The van der Waals surface area contributed by atoms with Gasteiger partial charge < -0.3 is 14.2 Å². The van der Waals surface area contributed by atoms with Gasteiger partial charge in [-0.05, 0) is 39.0 Å². The van der Waals surface area contributed by atoms with Gasteiger partial charge in [-0.2, -0.15) is 0 Å². The number of carbonyl (C=O) groups excluding carboxylic acids is 1. The first-order valence-electron chi connectivity index (χ1n) is 10.8. The molecule has 0 aliphatic carbocycles. The minimum Gasteiger partial charge on any atom is -0.378 e. The molecule has 3 aromatic rings. The lowest BCUT2D eigenvalue weighted by Crippen LogP contribution is -2.37. The van der Waals surface area contributed by atoms with Crippen LogP contribution in [0.3, 0.4) is 0 Å². The number of ketones is 1. The molecule has 1 aliphatic heterocycles. The molecule has 0 N–H and O–H groups in total. The second-order valence-electron chi connectivity index (χ2n) is 7.95. The van der Waals surface area contributed by atoms with Crippen LogP contribution in [0.2, 0.25) is 0 Å². The number of rotatable bonds is 8. The van der Waals surface area contributed by atoms with Crippen LogP contribution in [0.15, 0.2) is 48.1 Å². The number of morpholine rings is 1. The molecule has 32 heavy (non-hydrogen) atoms. The zero-order valence-electron chi connectivity index (χ0n) is 18.9. The van der Waals surface area contributed by atoms with E-state index in [1.54, 1.807) is 0 Å². The average molecular weight is 452 g/mol. The lowest BCUT2D eigenvalue weighted by atomic mass is 10.2. The Morgan fingerprint density at radius 2 is 1.88 bits per heavy atom. The number of hydrogen-bond donors (Lipinski definition) is 0. The van der Waals surface area contributed by atoms with Crippen molar-refractivity contribution < 1.29 is 9.53 Å². The molecule has 0 atom stereocenters. The molecule has 2 aromatic heterocycles. The first kappa shape index (κ1) is 22.4. The second-order valence-corrected chi connectivity index (χ2v) is 8.89. The number of anilines is 1. The maximum absolute atomic E-state index is 13.1. The second kappa shape index (κ2) is 9.75. The number of ether oxygens (including phenoxy) is 1. The summed E-state index contributed by atoms with van der Waals surface area (Å²) in [7, 11) is 0. The van der Waals surface area contributed by atoms with Crippen molar-refractivity contribution in [3.63, 3.8) is 0 Å². The smallest absolute Gasteiger partial charge is 0.232 e. The zero-order chi connectivity index (χ0) is 22.7. The maximum atomic E-state index is 13.1. The molecule has 0 bridgehead atoms. The summed E-state index contributed by atoms with van der Waals surface area (Å²) in [5.41, 5.74) is 4.97. The molecule has 1 fully saturated rings. The fourth-order valence-corrected chi connectivity index (χ4v) is 4.78. The van der Waals surface area contributed by atoms with Gasteiger partial charge in [0.1, 0.15) is 0 Å². The van der Waals surface area contributed by atoms with Crippen LogP contribution < -0.4 is 4.90 Å². The van der Waals surface area contributed by atoms with Crippen molar-refractivity contribution in [1.29, 1.82) is 0 Å². The van der Waals surface area contributed by atoms with E-state index in [1.165, 1.54) is 17.3 Å². The summed E-state index contributed by atoms with van der Waals surface area (Å²) in [6.45, 7) is 13.4. The molecule has 1 saturated heterocycles. The first-order chi connectivity index (χ1) is 15.5. The Morgan fingerprint density at radius 3 is 2.56 bits per heavy atom. The number of benzene rings is 1. The van der Waals surface area contributed by atoms with E-state index in [9.17, 15) is 4.79 Å². The summed E-state index contributed by atoms with van der Waals surface area (Å²) in [6.07, 6.45) is 1.85. The van der Waals surface area contributed by atoms with Crippen LogP contribution in [-0.4, -0.2) is 57.2 Å². The summed E-state index contributed by atoms with van der Waals surface area (Å²) in [6, 6.07) is 10.2. The molecule has 0 spiro atoms. The fourth-order valence-electron chi connectivity index (χ4n) is 3.94. The normalized spacial score (nSPS) is 14.0. The zero-order valence-corrected chi connectivity index (χ0v) is 19.7. The lowest BCUT2D eigenvalue weighted by molar-refractivity contribution is 0.102. The highest BCUT2D eigenvalue weighted by Crippen LogP contribution is 2.28. The number of hydrogen-bond acceptors (Lipinski definition) is 6. The third-order valence-corrected chi connectivity index (χ3v) is 6.65. The van der Waals surface area contributed by atoms with Crippen molar-refractivity contribution in [2.75, 3.05) is 37.0 Å². The molecule has 1 aliphatic rings. The van der Waals surface area contributed by atoms with Crippen molar-refractivity contribution in [3.8, 4) is 5.69 Å². The summed E-state index contributed by atoms with van der Waals surface area (Å²) in [5, 5.41) is 9.65. The summed E-state index contributed by atoms with van der Waals surface area (Å²) >= 11 is 1.42. The molecule has 3 heterocycles. The minimum absolute atomic E-state index is 0.0878. The molecular weight excluding hydrogens is 422 g/mol. The van der Waals surface area contributed by atoms with Crippen molar-refractivity contribution in [2.45, 2.75) is 32.5 Å². The summed E-state index contributed by atoms with van der Waals surface area (Å²) < 4.78 is 9.65. The van der Waals surface area contributed by atoms with Crippen LogP contribution in [0.5, 0.6) is 0 Å². The monoisotopic (exact) mass is 451 g/mol.